The van der Waals surface area contributed by atoms with E-state index < -0.39 is 0 Å². The van der Waals surface area contributed by atoms with Gasteiger partial charge in [0.05, 0.1) is 0 Å². The number of fused-ring (bicyclic) bond motifs is 1. The van der Waals surface area contributed by atoms with E-state index in [1.807, 2.05) is 7.05 Å². The lowest BCUT2D eigenvalue weighted by Crippen LogP contribution is -2.38. The van der Waals surface area contributed by atoms with E-state index in [1.165, 1.54) is 39.0 Å². The molecule has 0 spiro atoms. The number of hydrogen-bond acceptors (Lipinski definition) is 2. The van der Waals surface area contributed by atoms with E-state index >= 15 is 0 Å². The van der Waals surface area contributed by atoms with Crippen molar-refractivity contribution in [1.82, 2.24) is 15.2 Å². The van der Waals surface area contributed by atoms with Gasteiger partial charge in [0, 0.05) is 55.5 Å². The Hall–Kier alpha value is -2.53. The Labute approximate surface area is 186 Å². The molecule has 0 atom stereocenters. The number of nitrogens with zero attached hydrogens (tertiary/aromatic N) is 2. The second-order valence-corrected chi connectivity index (χ2v) is 8.23. The minimum absolute atomic E-state index is 0.788. The van der Waals surface area contributed by atoms with Gasteiger partial charge in [-0.15, -0.1) is 0 Å². The van der Waals surface area contributed by atoms with Gasteiger partial charge in [-0.25, -0.2) is 0 Å². The van der Waals surface area contributed by atoms with Crippen molar-refractivity contribution in [2.45, 2.75) is 40.7 Å². The number of thiocarbonyl (C=S) groups is 1. The predicted octanol–water partition coefficient (Wildman–Crippen LogP) is 5.18. The molecule has 0 unspecified atom stereocenters. The first-order chi connectivity index (χ1) is 14.5. The predicted molar refractivity (Wildman–Crippen MR) is 134 cm³/mol. The van der Waals surface area contributed by atoms with Crippen LogP contribution in [0.1, 0.15) is 36.2 Å². The minimum atomic E-state index is 0.788. The van der Waals surface area contributed by atoms with Crippen molar-refractivity contribution in [3.05, 3.63) is 64.8 Å². The Morgan fingerprint density at radius 2 is 1.73 bits per heavy atom. The first-order valence-electron chi connectivity index (χ1n) is 10.8. The van der Waals surface area contributed by atoms with Crippen LogP contribution in [0.3, 0.4) is 0 Å². The van der Waals surface area contributed by atoms with Crippen LogP contribution in [0.4, 0.5) is 5.69 Å². The lowest BCUT2D eigenvalue weighted by Gasteiger charge is -2.26. The van der Waals surface area contributed by atoms with Crippen molar-refractivity contribution in [1.29, 1.82) is 0 Å². The molecule has 0 bridgehead atoms. The maximum Gasteiger partial charge on any atom is 0.168 e. The molecule has 30 heavy (non-hydrogen) atoms. The Kier molecular flexibility index (Phi) is 7.38. The molecule has 0 aliphatic carbocycles. The Bertz CT molecular complexity index is 986. The summed E-state index contributed by atoms with van der Waals surface area (Å²) in [7, 11) is 1.90. The van der Waals surface area contributed by atoms with Gasteiger partial charge in [-0.2, -0.15) is 0 Å². The third-order valence-corrected chi connectivity index (χ3v) is 6.31. The minimum Gasteiger partial charge on any atom is -0.372 e. The van der Waals surface area contributed by atoms with Crippen molar-refractivity contribution < 1.29 is 0 Å². The highest BCUT2D eigenvalue weighted by Gasteiger charge is 2.14. The second-order valence-electron chi connectivity index (χ2n) is 7.84. The number of aromatic amines is 1. The number of aromatic nitrogens is 1. The van der Waals surface area contributed by atoms with Crippen LogP contribution in [0.25, 0.3) is 10.9 Å². The molecule has 4 nitrogen and oxygen atoms in total. The monoisotopic (exact) mass is 422 g/mol. The molecule has 3 rings (SSSR count). The summed E-state index contributed by atoms with van der Waals surface area (Å²) in [6, 6.07) is 15.5. The molecule has 2 N–H and O–H groups in total. The van der Waals surface area contributed by atoms with E-state index in [0.29, 0.717) is 0 Å². The Morgan fingerprint density at radius 1 is 1.03 bits per heavy atom. The molecule has 0 aliphatic heterocycles. The van der Waals surface area contributed by atoms with Gasteiger partial charge in [-0.05, 0) is 81.7 Å². The Balaban J connectivity index is 1.75. The highest BCUT2D eigenvalue weighted by atomic mass is 32.1. The van der Waals surface area contributed by atoms with E-state index in [-0.39, 0.29) is 0 Å². The number of anilines is 1. The molecule has 0 radical (unpaired) electrons. The third-order valence-electron chi connectivity index (χ3n) is 5.85. The van der Waals surface area contributed by atoms with E-state index in [1.54, 1.807) is 0 Å². The zero-order chi connectivity index (χ0) is 21.7. The van der Waals surface area contributed by atoms with Gasteiger partial charge in [0.2, 0.25) is 0 Å². The average molecular weight is 423 g/mol. The molecule has 0 saturated heterocycles. The molecule has 0 aliphatic rings. The summed E-state index contributed by atoms with van der Waals surface area (Å²) >= 11 is 5.62. The molecule has 1 aromatic heterocycles. The summed E-state index contributed by atoms with van der Waals surface area (Å²) < 4.78 is 0. The van der Waals surface area contributed by atoms with Gasteiger partial charge >= 0.3 is 0 Å². The highest BCUT2D eigenvalue weighted by Crippen LogP contribution is 2.24. The average Bonchev–Trinajstić information content (AvgIpc) is 3.06. The third kappa shape index (κ3) is 4.96. The first kappa shape index (κ1) is 22.2. The van der Waals surface area contributed by atoms with Crippen LogP contribution in [-0.4, -0.2) is 41.7 Å². The Morgan fingerprint density at radius 3 is 2.37 bits per heavy atom. The standard InChI is InChI=1S/C25H34N4S/c1-6-28(7-2)21-11-9-20(10-12-21)17-29(25(30)26-5)15-14-22-19(4)27-24-13-8-18(3)16-23(22)24/h8-13,16,27H,6-7,14-15,17H2,1-5H3,(H,26,30). The van der Waals surface area contributed by atoms with Crippen molar-refractivity contribution >= 4 is 33.9 Å². The number of benzene rings is 2. The fourth-order valence-corrected chi connectivity index (χ4v) is 4.25. The number of aryl methyl sites for hydroxylation is 2. The number of nitrogens with one attached hydrogen (secondary N) is 2. The van der Waals surface area contributed by atoms with Gasteiger partial charge in [-0.3, -0.25) is 0 Å². The van der Waals surface area contributed by atoms with Crippen LogP contribution in [0.2, 0.25) is 0 Å². The number of rotatable bonds is 8. The highest BCUT2D eigenvalue weighted by molar-refractivity contribution is 7.80. The molecule has 0 saturated carbocycles. The normalized spacial score (nSPS) is 11.0. The van der Waals surface area contributed by atoms with Gasteiger partial charge in [0.15, 0.2) is 5.11 Å². The van der Waals surface area contributed by atoms with E-state index in [0.717, 1.165) is 37.7 Å². The zero-order valence-electron chi connectivity index (χ0n) is 18.9. The lowest BCUT2D eigenvalue weighted by atomic mass is 10.1. The fraction of sp³-hybridized carbons (Fsp3) is 0.400. The van der Waals surface area contributed by atoms with E-state index in [9.17, 15) is 0 Å². The topological polar surface area (TPSA) is 34.3 Å². The molecular formula is C25H34N4S. The molecule has 1 heterocycles. The summed E-state index contributed by atoms with van der Waals surface area (Å²) in [6.07, 6.45) is 0.953. The summed E-state index contributed by atoms with van der Waals surface area (Å²) in [4.78, 5) is 8.15. The molecule has 0 fully saturated rings. The molecule has 0 amide bonds. The zero-order valence-corrected chi connectivity index (χ0v) is 19.7. The molecule has 2 aromatic carbocycles. The fourth-order valence-electron chi connectivity index (χ4n) is 4.10. The second kappa shape index (κ2) is 9.98. The van der Waals surface area contributed by atoms with Crippen molar-refractivity contribution in [2.75, 3.05) is 31.6 Å². The van der Waals surface area contributed by atoms with E-state index in [2.05, 4.69) is 90.3 Å². The summed E-state index contributed by atoms with van der Waals surface area (Å²) in [5, 5.41) is 5.28. The molecular weight excluding hydrogens is 388 g/mol. The molecule has 3 aromatic rings. The van der Waals surface area contributed by atoms with Gasteiger partial charge in [0.1, 0.15) is 0 Å². The number of hydrogen-bond donors (Lipinski definition) is 2. The molecule has 5 heteroatoms. The smallest absolute Gasteiger partial charge is 0.168 e. The summed E-state index contributed by atoms with van der Waals surface area (Å²) in [5.41, 5.74) is 7.68. The number of H-pyrrole nitrogens is 1. The summed E-state index contributed by atoms with van der Waals surface area (Å²) in [6.45, 7) is 12.4. The van der Waals surface area contributed by atoms with Crippen molar-refractivity contribution in [3.8, 4) is 0 Å². The van der Waals surface area contributed by atoms with Crippen LogP contribution >= 0.6 is 12.2 Å². The SMILES string of the molecule is CCN(CC)c1ccc(CN(CCc2c(C)[nH]c3ccc(C)cc23)C(=S)NC)cc1. The van der Waals surface area contributed by atoms with Crippen LogP contribution in [-0.2, 0) is 13.0 Å². The van der Waals surface area contributed by atoms with Crippen molar-refractivity contribution in [3.63, 3.8) is 0 Å². The lowest BCUT2D eigenvalue weighted by molar-refractivity contribution is 0.413. The summed E-state index contributed by atoms with van der Waals surface area (Å²) in [5.74, 6) is 0. The largest absolute Gasteiger partial charge is 0.372 e. The van der Waals surface area contributed by atoms with Crippen molar-refractivity contribution in [2.24, 2.45) is 0 Å². The maximum atomic E-state index is 5.62. The van der Waals surface area contributed by atoms with E-state index in [4.69, 9.17) is 12.2 Å². The first-order valence-corrected chi connectivity index (χ1v) is 11.3. The van der Waals surface area contributed by atoms with Crippen LogP contribution in [0.5, 0.6) is 0 Å². The van der Waals surface area contributed by atoms with Gasteiger partial charge < -0.3 is 20.1 Å². The molecule has 160 valence electrons. The van der Waals surface area contributed by atoms with Crippen LogP contribution in [0, 0.1) is 13.8 Å². The quantitative estimate of drug-likeness (QED) is 0.490. The van der Waals surface area contributed by atoms with Crippen LogP contribution in [0.15, 0.2) is 42.5 Å². The van der Waals surface area contributed by atoms with Gasteiger partial charge in [-0.1, -0.05) is 23.8 Å². The maximum absolute atomic E-state index is 5.62. The van der Waals surface area contributed by atoms with Crippen LogP contribution < -0.4 is 10.2 Å². The van der Waals surface area contributed by atoms with Gasteiger partial charge in [0.25, 0.3) is 0 Å².